The van der Waals surface area contributed by atoms with Crippen LogP contribution in [0.2, 0.25) is 0 Å². The molecule has 0 aliphatic carbocycles. The van der Waals surface area contributed by atoms with Gasteiger partial charge in [0.25, 0.3) is 0 Å². The highest BCUT2D eigenvalue weighted by Crippen LogP contribution is 2.44. The van der Waals surface area contributed by atoms with E-state index in [0.717, 1.165) is 56.2 Å². The Labute approximate surface area is 254 Å². The predicted octanol–water partition coefficient (Wildman–Crippen LogP) is 9.97. The van der Waals surface area contributed by atoms with E-state index in [0.29, 0.717) is 11.5 Å². The maximum Gasteiger partial charge on any atom is 0.123 e. The van der Waals surface area contributed by atoms with E-state index >= 15 is 0 Å². The Morgan fingerprint density at radius 1 is 0.405 bits per heavy atom. The molecule has 4 heteroatoms. The zero-order valence-electron chi connectivity index (χ0n) is 28.4. The highest BCUT2D eigenvalue weighted by Gasteiger charge is 2.29. The molecule has 0 radical (unpaired) electrons. The molecule has 0 fully saturated rings. The van der Waals surface area contributed by atoms with Crippen molar-refractivity contribution in [2.75, 3.05) is 0 Å². The average molecular weight is 569 g/mol. The molecule has 42 heavy (non-hydrogen) atoms. The molecule has 4 aromatic rings. The molecule has 2 aromatic carbocycles. The molecule has 0 saturated carbocycles. The van der Waals surface area contributed by atoms with Crippen LogP contribution in [0.25, 0.3) is 33.9 Å². The van der Waals surface area contributed by atoms with Gasteiger partial charge in [-0.15, -0.1) is 0 Å². The van der Waals surface area contributed by atoms with Crippen LogP contribution in [0.1, 0.15) is 105 Å². The van der Waals surface area contributed by atoms with E-state index in [4.69, 9.17) is 0 Å². The molecule has 2 heterocycles. The van der Waals surface area contributed by atoms with Crippen molar-refractivity contribution in [1.82, 2.24) is 9.13 Å². The lowest BCUT2D eigenvalue weighted by molar-refractivity contribution is 0.422. The van der Waals surface area contributed by atoms with Gasteiger partial charge < -0.3 is 19.3 Å². The molecule has 0 saturated heterocycles. The van der Waals surface area contributed by atoms with E-state index in [1.54, 1.807) is 0 Å². The van der Waals surface area contributed by atoms with E-state index in [1.165, 1.54) is 0 Å². The van der Waals surface area contributed by atoms with Crippen LogP contribution in [0.4, 0.5) is 0 Å². The number of hydrogen-bond donors (Lipinski definition) is 2. The first kappa shape index (κ1) is 31.5. The smallest absolute Gasteiger partial charge is 0.123 e. The summed E-state index contributed by atoms with van der Waals surface area (Å²) in [6.07, 6.45) is 0. The number of phenolic OH excluding ortho intramolecular Hbond substituents is 2. The highest BCUT2D eigenvalue weighted by molar-refractivity contribution is 5.75. The molecule has 0 atom stereocenters. The highest BCUT2D eigenvalue weighted by atomic mass is 16.3. The topological polar surface area (TPSA) is 50.3 Å². The van der Waals surface area contributed by atoms with Crippen LogP contribution in [0, 0.1) is 0 Å². The first-order valence-electron chi connectivity index (χ1n) is 15.1. The molecule has 0 unspecified atom stereocenters. The van der Waals surface area contributed by atoms with Crippen LogP contribution < -0.4 is 0 Å². The van der Waals surface area contributed by atoms with Gasteiger partial charge in [0.15, 0.2) is 0 Å². The Bertz CT molecular complexity index is 1440. The number of nitrogens with zero attached hydrogens (tertiary/aromatic N) is 2. The van der Waals surface area contributed by atoms with Crippen molar-refractivity contribution in [2.45, 2.75) is 105 Å². The monoisotopic (exact) mass is 568 g/mol. The van der Waals surface area contributed by atoms with Crippen molar-refractivity contribution >= 4 is 0 Å². The first-order valence-corrected chi connectivity index (χ1v) is 15.1. The number of hydrogen-bond acceptors (Lipinski definition) is 2. The van der Waals surface area contributed by atoms with Crippen LogP contribution in [-0.2, 0) is 35.8 Å². The van der Waals surface area contributed by atoms with E-state index in [9.17, 15) is 10.2 Å². The average Bonchev–Trinajstić information content (AvgIpc) is 3.38. The molecule has 4 nitrogen and oxygen atoms in total. The second-order valence-electron chi connectivity index (χ2n) is 16.2. The molecule has 226 valence electrons. The molecule has 0 amide bonds. The number of aromatic nitrogens is 2. The maximum atomic E-state index is 11.3. The minimum atomic E-state index is -0.191. The Morgan fingerprint density at radius 2 is 0.619 bits per heavy atom. The summed E-state index contributed by atoms with van der Waals surface area (Å²) in [5.74, 6) is 0.803. The number of benzene rings is 2. The van der Waals surface area contributed by atoms with Gasteiger partial charge in [0.05, 0.1) is 11.4 Å². The van der Waals surface area contributed by atoms with Crippen molar-refractivity contribution in [3.8, 4) is 45.4 Å². The van der Waals surface area contributed by atoms with E-state index in [2.05, 4.69) is 155 Å². The lowest BCUT2D eigenvalue weighted by atomic mass is 9.78. The summed E-state index contributed by atoms with van der Waals surface area (Å²) in [7, 11) is 4.24. The van der Waals surface area contributed by atoms with Crippen LogP contribution in [-0.4, -0.2) is 19.3 Å². The minimum Gasteiger partial charge on any atom is -0.507 e. The van der Waals surface area contributed by atoms with Crippen molar-refractivity contribution in [2.24, 2.45) is 14.1 Å². The van der Waals surface area contributed by atoms with E-state index < -0.39 is 0 Å². The lowest BCUT2D eigenvalue weighted by Gasteiger charge is -2.28. The number of rotatable bonds is 3. The quantitative estimate of drug-likeness (QED) is 0.258. The number of aromatic hydroxyl groups is 2. The molecule has 0 aliphatic rings. The van der Waals surface area contributed by atoms with Crippen molar-refractivity contribution in [3.05, 3.63) is 70.8 Å². The summed E-state index contributed by atoms with van der Waals surface area (Å²) in [6.45, 7) is 25.8. The van der Waals surface area contributed by atoms with Crippen molar-refractivity contribution in [3.63, 3.8) is 0 Å². The van der Waals surface area contributed by atoms with Crippen LogP contribution in [0.15, 0.2) is 48.5 Å². The molecule has 0 spiro atoms. The maximum absolute atomic E-state index is 11.3. The first-order chi connectivity index (χ1) is 19.0. The van der Waals surface area contributed by atoms with Gasteiger partial charge in [-0.1, -0.05) is 83.1 Å². The van der Waals surface area contributed by atoms with Crippen LogP contribution in [0.3, 0.4) is 0 Å². The summed E-state index contributed by atoms with van der Waals surface area (Å²) in [6, 6.07) is 17.3. The fraction of sp³-hybridized carbons (Fsp3) is 0.474. The van der Waals surface area contributed by atoms with Crippen LogP contribution in [0.5, 0.6) is 11.5 Å². The largest absolute Gasteiger partial charge is 0.507 e. The van der Waals surface area contributed by atoms with Gasteiger partial charge in [-0.05, 0) is 81.3 Å². The fourth-order valence-corrected chi connectivity index (χ4v) is 5.97. The molecular formula is C38H52N2O2. The minimum absolute atomic E-state index is 0.191. The standard InChI is InChI=1S/C38H52N2O2/c1-35(2,3)25-19-23(20-26(33(25)41)36(4,5)6)29-15-17-31(39(29)13)32-18-16-30(40(32)14)24-21-27(37(7,8)9)34(42)28(22-24)38(10,11)12/h15-22,41-42H,1-14H3. The summed E-state index contributed by atoms with van der Waals surface area (Å²) < 4.78 is 4.50. The van der Waals surface area contributed by atoms with Crippen molar-refractivity contribution < 1.29 is 10.2 Å². The van der Waals surface area contributed by atoms with Gasteiger partial charge in [-0.25, -0.2) is 0 Å². The fourth-order valence-electron chi connectivity index (χ4n) is 5.97. The second kappa shape index (κ2) is 10.1. The third-order valence-corrected chi connectivity index (χ3v) is 8.55. The Kier molecular flexibility index (Phi) is 7.59. The van der Waals surface area contributed by atoms with Gasteiger partial charge in [0.2, 0.25) is 0 Å². The summed E-state index contributed by atoms with van der Waals surface area (Å²) in [5, 5.41) is 22.5. The molecule has 4 rings (SSSR count). The van der Waals surface area contributed by atoms with Gasteiger partial charge in [0, 0.05) is 47.7 Å². The summed E-state index contributed by atoms with van der Waals surface area (Å²) >= 11 is 0. The Balaban J connectivity index is 1.88. The van der Waals surface area contributed by atoms with Gasteiger partial charge in [-0.2, -0.15) is 0 Å². The summed E-state index contributed by atoms with van der Waals surface area (Å²) in [5.41, 5.74) is 9.75. The molecule has 0 aliphatic heterocycles. The van der Waals surface area contributed by atoms with Gasteiger partial charge in [0.1, 0.15) is 11.5 Å². The van der Waals surface area contributed by atoms with Crippen LogP contribution >= 0.6 is 0 Å². The molecule has 2 N–H and O–H groups in total. The second-order valence-corrected chi connectivity index (χ2v) is 16.2. The third kappa shape index (κ3) is 5.65. The molecule has 0 bridgehead atoms. The molecular weight excluding hydrogens is 516 g/mol. The zero-order chi connectivity index (χ0) is 31.7. The lowest BCUT2D eigenvalue weighted by Crippen LogP contribution is -2.17. The van der Waals surface area contributed by atoms with Gasteiger partial charge in [-0.3, -0.25) is 0 Å². The van der Waals surface area contributed by atoms with E-state index in [-0.39, 0.29) is 21.7 Å². The normalized spacial score (nSPS) is 13.2. The van der Waals surface area contributed by atoms with E-state index in [1.807, 2.05) is 0 Å². The SMILES string of the molecule is Cn1c(-c2cc(C(C)(C)C)c(O)c(C(C)(C)C)c2)ccc1-c1ccc(-c2cc(C(C)(C)C)c(O)c(C(C)(C)C)c2)n1C. The Morgan fingerprint density at radius 3 is 0.833 bits per heavy atom. The van der Waals surface area contributed by atoms with Crippen molar-refractivity contribution in [1.29, 1.82) is 0 Å². The predicted molar refractivity (Wildman–Crippen MR) is 179 cm³/mol. The zero-order valence-corrected chi connectivity index (χ0v) is 28.4. The summed E-state index contributed by atoms with van der Waals surface area (Å²) in [4.78, 5) is 0. The Hall–Kier alpha value is -3.40. The third-order valence-electron chi connectivity index (χ3n) is 8.55. The van der Waals surface area contributed by atoms with Gasteiger partial charge >= 0.3 is 0 Å². The number of phenols is 2. The molecule has 2 aromatic heterocycles.